The number of aromatic nitrogens is 1. The maximum Gasteiger partial charge on any atom is 0.310 e. The van der Waals surface area contributed by atoms with Crippen LogP contribution >= 0.6 is 0 Å². The maximum absolute atomic E-state index is 13.4. The second-order valence-electron chi connectivity index (χ2n) is 7.93. The fourth-order valence-electron chi connectivity index (χ4n) is 3.32. The predicted octanol–water partition coefficient (Wildman–Crippen LogP) is 3.03. The molecule has 0 radical (unpaired) electrons. The first-order chi connectivity index (χ1) is 14.3. The van der Waals surface area contributed by atoms with Gasteiger partial charge in [-0.3, -0.25) is 9.59 Å². The third-order valence-electron chi connectivity index (χ3n) is 5.18. The normalized spacial score (nSPS) is 18.3. The Kier molecular flexibility index (Phi) is 7.10. The smallest absolute Gasteiger partial charge is 0.310 e. The minimum absolute atomic E-state index is 0.0258. The summed E-state index contributed by atoms with van der Waals surface area (Å²) in [5.41, 5.74) is 0.360. The quantitative estimate of drug-likeness (QED) is 0.549. The van der Waals surface area contributed by atoms with E-state index in [1.807, 2.05) is 6.92 Å². The standard InChI is InChI=1S/C21H29F2N3O4/c1-3-5-15(20(28)29-4-2)10-24-19(27)18-16(26-12-21(22,23)13-26)8-9-17(25-18)30-11-14-6-7-14/h8-9,14-15H,3-7,10-13H2,1-2H3,(H,24,27)/t15-/m0/s1. The molecule has 1 atom stereocenters. The summed E-state index contributed by atoms with van der Waals surface area (Å²) in [4.78, 5) is 30.7. The molecule has 2 fully saturated rings. The zero-order valence-corrected chi connectivity index (χ0v) is 17.5. The number of hydrogen-bond acceptors (Lipinski definition) is 6. The highest BCUT2D eigenvalue weighted by Gasteiger charge is 2.45. The molecule has 166 valence electrons. The van der Waals surface area contributed by atoms with Gasteiger partial charge in [-0.1, -0.05) is 13.3 Å². The maximum atomic E-state index is 13.4. The van der Waals surface area contributed by atoms with Crippen LogP contribution in [0.5, 0.6) is 5.88 Å². The van der Waals surface area contributed by atoms with Gasteiger partial charge < -0.3 is 19.7 Å². The Morgan fingerprint density at radius 2 is 2.03 bits per heavy atom. The van der Waals surface area contributed by atoms with E-state index in [1.54, 1.807) is 19.1 Å². The van der Waals surface area contributed by atoms with Crippen LogP contribution in [-0.2, 0) is 9.53 Å². The third-order valence-corrected chi connectivity index (χ3v) is 5.18. The van der Waals surface area contributed by atoms with E-state index in [0.717, 1.165) is 19.3 Å². The van der Waals surface area contributed by atoms with E-state index in [9.17, 15) is 18.4 Å². The molecular formula is C21H29F2N3O4. The van der Waals surface area contributed by atoms with Crippen molar-refractivity contribution in [1.82, 2.24) is 10.3 Å². The summed E-state index contributed by atoms with van der Waals surface area (Å²) in [6.45, 7) is 3.63. The van der Waals surface area contributed by atoms with E-state index in [-0.39, 0.29) is 24.8 Å². The van der Waals surface area contributed by atoms with Crippen LogP contribution in [0.25, 0.3) is 0 Å². The Balaban J connectivity index is 1.71. The van der Waals surface area contributed by atoms with Gasteiger partial charge >= 0.3 is 5.97 Å². The molecule has 1 aliphatic carbocycles. The van der Waals surface area contributed by atoms with E-state index >= 15 is 0 Å². The van der Waals surface area contributed by atoms with Crippen molar-refractivity contribution in [1.29, 1.82) is 0 Å². The highest BCUT2D eigenvalue weighted by atomic mass is 19.3. The van der Waals surface area contributed by atoms with Gasteiger partial charge in [-0.05, 0) is 38.2 Å². The molecule has 1 aromatic rings. The summed E-state index contributed by atoms with van der Waals surface area (Å²) in [7, 11) is 0. The Bertz CT molecular complexity index is 763. The summed E-state index contributed by atoms with van der Waals surface area (Å²) in [6.07, 6.45) is 3.56. The molecule has 1 amide bonds. The predicted molar refractivity (Wildman–Crippen MR) is 107 cm³/mol. The molecule has 3 rings (SSSR count). The summed E-state index contributed by atoms with van der Waals surface area (Å²) < 4.78 is 37.4. The van der Waals surface area contributed by atoms with Crippen molar-refractivity contribution in [2.45, 2.75) is 45.5 Å². The molecule has 1 aliphatic heterocycles. The van der Waals surface area contributed by atoms with Gasteiger partial charge in [-0.15, -0.1) is 0 Å². The number of hydrogen-bond donors (Lipinski definition) is 1. The van der Waals surface area contributed by atoms with E-state index in [0.29, 0.717) is 30.5 Å². The molecule has 1 aromatic heterocycles. The van der Waals surface area contributed by atoms with Crippen molar-refractivity contribution in [3.63, 3.8) is 0 Å². The third kappa shape index (κ3) is 5.79. The van der Waals surface area contributed by atoms with Gasteiger partial charge in [0.1, 0.15) is 0 Å². The SMILES string of the molecule is CCC[C@@H](CNC(=O)c1nc(OCC2CC2)ccc1N1CC(F)(F)C1)C(=O)OCC. The van der Waals surface area contributed by atoms with Crippen molar-refractivity contribution in [3.05, 3.63) is 17.8 Å². The first-order valence-corrected chi connectivity index (χ1v) is 10.5. The van der Waals surface area contributed by atoms with E-state index in [4.69, 9.17) is 9.47 Å². The molecule has 0 spiro atoms. The van der Waals surface area contributed by atoms with E-state index in [2.05, 4.69) is 10.3 Å². The zero-order chi connectivity index (χ0) is 21.7. The van der Waals surface area contributed by atoms with Crippen molar-refractivity contribution in [2.75, 3.05) is 37.7 Å². The van der Waals surface area contributed by atoms with Gasteiger partial charge in [0.05, 0.1) is 37.9 Å². The summed E-state index contributed by atoms with van der Waals surface area (Å²) >= 11 is 0. The number of carbonyl (C=O) groups is 2. The second kappa shape index (κ2) is 9.57. The number of pyridine rings is 1. The zero-order valence-electron chi connectivity index (χ0n) is 17.5. The molecule has 30 heavy (non-hydrogen) atoms. The first-order valence-electron chi connectivity index (χ1n) is 10.5. The Hall–Kier alpha value is -2.45. The van der Waals surface area contributed by atoms with Crippen LogP contribution in [0.3, 0.4) is 0 Å². The van der Waals surface area contributed by atoms with E-state index in [1.165, 1.54) is 4.90 Å². The molecule has 1 saturated carbocycles. The molecule has 7 nitrogen and oxygen atoms in total. The van der Waals surface area contributed by atoms with Crippen molar-refractivity contribution in [2.24, 2.45) is 11.8 Å². The fourth-order valence-corrected chi connectivity index (χ4v) is 3.32. The van der Waals surface area contributed by atoms with Gasteiger partial charge in [0, 0.05) is 12.6 Å². The number of rotatable bonds is 11. The lowest BCUT2D eigenvalue weighted by molar-refractivity contribution is -0.148. The van der Waals surface area contributed by atoms with Gasteiger partial charge in [0.2, 0.25) is 5.88 Å². The van der Waals surface area contributed by atoms with Crippen LogP contribution in [0, 0.1) is 11.8 Å². The van der Waals surface area contributed by atoms with Crippen LogP contribution in [0.2, 0.25) is 0 Å². The van der Waals surface area contributed by atoms with Crippen molar-refractivity contribution < 1.29 is 27.8 Å². The van der Waals surface area contributed by atoms with Crippen molar-refractivity contribution >= 4 is 17.6 Å². The number of nitrogens with zero attached hydrogens (tertiary/aromatic N) is 2. The highest BCUT2D eigenvalue weighted by molar-refractivity contribution is 5.98. The van der Waals surface area contributed by atoms with Crippen molar-refractivity contribution in [3.8, 4) is 5.88 Å². The number of ether oxygens (including phenoxy) is 2. The Morgan fingerprint density at radius 1 is 1.30 bits per heavy atom. The van der Waals surface area contributed by atoms with Gasteiger partial charge in [0.15, 0.2) is 5.69 Å². The molecule has 2 aliphatic rings. The summed E-state index contributed by atoms with van der Waals surface area (Å²) in [5.74, 6) is -3.33. The second-order valence-corrected chi connectivity index (χ2v) is 7.93. The van der Waals surface area contributed by atoms with Gasteiger partial charge in [-0.25, -0.2) is 13.8 Å². The lowest BCUT2D eigenvalue weighted by Crippen LogP contribution is -2.57. The number of esters is 1. The molecule has 1 N–H and O–H groups in total. The number of halogens is 2. The van der Waals surface area contributed by atoms with Crippen LogP contribution < -0.4 is 15.0 Å². The Morgan fingerprint density at radius 3 is 2.63 bits per heavy atom. The number of amides is 1. The highest BCUT2D eigenvalue weighted by Crippen LogP contribution is 2.35. The largest absolute Gasteiger partial charge is 0.477 e. The molecule has 0 unspecified atom stereocenters. The number of anilines is 1. The molecule has 0 bridgehead atoms. The summed E-state index contributed by atoms with van der Waals surface area (Å²) in [6, 6.07) is 3.19. The molecular weight excluding hydrogens is 396 g/mol. The Labute approximate surface area is 175 Å². The molecule has 1 saturated heterocycles. The summed E-state index contributed by atoms with van der Waals surface area (Å²) in [5, 5.41) is 2.72. The minimum atomic E-state index is -2.77. The fraction of sp³-hybridized carbons (Fsp3) is 0.667. The molecule has 2 heterocycles. The topological polar surface area (TPSA) is 80.8 Å². The average Bonchev–Trinajstić information content (AvgIpc) is 3.52. The minimum Gasteiger partial charge on any atom is -0.477 e. The molecule has 9 heteroatoms. The average molecular weight is 425 g/mol. The monoisotopic (exact) mass is 425 g/mol. The number of nitrogens with one attached hydrogen (secondary N) is 1. The lowest BCUT2D eigenvalue weighted by atomic mass is 10.0. The first kappa shape index (κ1) is 22.2. The van der Waals surface area contributed by atoms with E-state index < -0.39 is 30.8 Å². The molecule has 0 aromatic carbocycles. The van der Waals surface area contributed by atoms with Crippen LogP contribution in [-0.4, -0.2) is 55.6 Å². The number of alkyl halides is 2. The van der Waals surface area contributed by atoms with Gasteiger partial charge in [0.25, 0.3) is 11.8 Å². The number of carbonyl (C=O) groups excluding carboxylic acids is 2. The van der Waals surface area contributed by atoms with Crippen LogP contribution in [0.1, 0.15) is 50.0 Å². The lowest BCUT2D eigenvalue weighted by Gasteiger charge is -2.40. The van der Waals surface area contributed by atoms with Crippen LogP contribution in [0.4, 0.5) is 14.5 Å². The van der Waals surface area contributed by atoms with Crippen LogP contribution in [0.15, 0.2) is 12.1 Å². The van der Waals surface area contributed by atoms with Gasteiger partial charge in [-0.2, -0.15) is 0 Å².